The molecule has 1 aliphatic heterocycles. The Labute approximate surface area is 141 Å². The maximum absolute atomic E-state index is 11.8. The van der Waals surface area contributed by atoms with E-state index in [1.54, 1.807) is 0 Å². The molecule has 1 unspecified atom stereocenters. The van der Waals surface area contributed by atoms with E-state index in [2.05, 4.69) is 22.0 Å². The van der Waals surface area contributed by atoms with E-state index in [9.17, 15) is 4.91 Å². The molecule has 1 heterocycles. The molecule has 2 aromatic carbocycles. The van der Waals surface area contributed by atoms with E-state index in [-0.39, 0.29) is 0 Å². The lowest BCUT2D eigenvalue weighted by Gasteiger charge is -2.29. The molecule has 5 heteroatoms. The number of nitrogens with zero attached hydrogens (tertiary/aromatic N) is 2. The molecule has 2 N–H and O–H groups in total. The first-order chi connectivity index (χ1) is 11.8. The highest BCUT2D eigenvalue weighted by atomic mass is 16.5. The molecule has 0 aliphatic carbocycles. The number of hydrogen-bond donors (Lipinski definition) is 1. The van der Waals surface area contributed by atoms with E-state index in [0.29, 0.717) is 11.1 Å². The highest BCUT2D eigenvalue weighted by Gasteiger charge is 2.34. The fraction of sp³-hybridized carbons (Fsp3) is 0.263. The molecular weight excluding hydrogens is 302 g/mol. The van der Waals surface area contributed by atoms with Crippen molar-refractivity contribution in [2.45, 2.75) is 5.54 Å². The van der Waals surface area contributed by atoms with Gasteiger partial charge in [-0.15, -0.1) is 4.91 Å². The zero-order valence-electron chi connectivity index (χ0n) is 13.3. The van der Waals surface area contributed by atoms with Crippen LogP contribution in [-0.2, 0) is 10.3 Å². The van der Waals surface area contributed by atoms with Crippen LogP contribution >= 0.6 is 0 Å². The number of nitroso groups, excluding NO2 is 1. The third-order valence-electron chi connectivity index (χ3n) is 4.24. The monoisotopic (exact) mass is 321 g/mol. The van der Waals surface area contributed by atoms with Crippen LogP contribution in [-0.4, -0.2) is 26.3 Å². The van der Waals surface area contributed by atoms with Gasteiger partial charge >= 0.3 is 0 Å². The van der Waals surface area contributed by atoms with Crippen LogP contribution in [0.15, 0.2) is 59.8 Å². The molecule has 1 atom stereocenters. The van der Waals surface area contributed by atoms with Crippen LogP contribution in [0.5, 0.6) is 0 Å². The van der Waals surface area contributed by atoms with Crippen molar-refractivity contribution in [1.82, 2.24) is 0 Å². The van der Waals surface area contributed by atoms with Gasteiger partial charge in [0.15, 0.2) is 0 Å². The van der Waals surface area contributed by atoms with Crippen LogP contribution in [0.1, 0.15) is 11.1 Å². The molecule has 0 spiro atoms. The number of morpholine rings is 1. The smallest absolute Gasteiger partial charge is 0.214 e. The summed E-state index contributed by atoms with van der Waals surface area (Å²) in [7, 11) is 0. The van der Waals surface area contributed by atoms with Crippen molar-refractivity contribution in [2.24, 2.45) is 10.9 Å². The standard InChI is InChI=1S/C19H19N3O2/c20-11-10-19(21-23,16-4-2-1-3-5-16)17-6-8-18(9-7-17)22-12-14-24-15-13-22/h1-9H,12-15,20H2. The molecular formula is C19H19N3O2. The fourth-order valence-electron chi connectivity index (χ4n) is 2.96. The van der Waals surface area contributed by atoms with Gasteiger partial charge in [0.05, 0.1) is 13.2 Å². The van der Waals surface area contributed by atoms with Crippen molar-refractivity contribution in [3.8, 4) is 12.0 Å². The second kappa shape index (κ2) is 7.16. The maximum atomic E-state index is 11.8. The molecule has 0 bridgehead atoms. The van der Waals surface area contributed by atoms with Gasteiger partial charge in [0.1, 0.15) is 0 Å². The van der Waals surface area contributed by atoms with Crippen LogP contribution in [0.3, 0.4) is 0 Å². The second-order valence-corrected chi connectivity index (χ2v) is 5.58. The van der Waals surface area contributed by atoms with Crippen LogP contribution in [0.4, 0.5) is 5.69 Å². The molecule has 2 aromatic rings. The minimum atomic E-state index is -1.29. The summed E-state index contributed by atoms with van der Waals surface area (Å²) in [6, 6.07) is 19.4. The molecule has 122 valence electrons. The zero-order valence-corrected chi connectivity index (χ0v) is 13.3. The molecule has 5 nitrogen and oxygen atoms in total. The van der Waals surface area contributed by atoms with E-state index < -0.39 is 5.54 Å². The van der Waals surface area contributed by atoms with Gasteiger partial charge in [-0.2, -0.15) is 0 Å². The average molecular weight is 321 g/mol. The predicted molar refractivity (Wildman–Crippen MR) is 94.5 cm³/mol. The first-order valence-electron chi connectivity index (χ1n) is 7.86. The minimum Gasteiger partial charge on any atom is -0.378 e. The molecule has 0 radical (unpaired) electrons. The van der Waals surface area contributed by atoms with Crippen molar-refractivity contribution in [3.05, 3.63) is 70.6 Å². The highest BCUT2D eigenvalue weighted by molar-refractivity contribution is 5.53. The zero-order chi connectivity index (χ0) is 16.8. The first-order valence-corrected chi connectivity index (χ1v) is 7.86. The van der Waals surface area contributed by atoms with Crippen LogP contribution in [0.2, 0.25) is 0 Å². The molecule has 0 saturated carbocycles. The Hall–Kier alpha value is -2.84. The van der Waals surface area contributed by atoms with Crippen molar-refractivity contribution in [1.29, 1.82) is 0 Å². The largest absolute Gasteiger partial charge is 0.378 e. The van der Waals surface area contributed by atoms with E-state index in [1.165, 1.54) is 0 Å². The van der Waals surface area contributed by atoms with Crippen LogP contribution < -0.4 is 10.6 Å². The van der Waals surface area contributed by atoms with Gasteiger partial charge in [-0.05, 0) is 34.4 Å². The molecule has 1 fully saturated rings. The van der Waals surface area contributed by atoms with E-state index in [0.717, 1.165) is 32.0 Å². The van der Waals surface area contributed by atoms with Gasteiger partial charge in [0.25, 0.3) is 0 Å². The fourth-order valence-corrected chi connectivity index (χ4v) is 2.96. The molecule has 1 aliphatic rings. The Bertz CT molecular complexity index is 744. The minimum absolute atomic E-state index is 0.706. The summed E-state index contributed by atoms with van der Waals surface area (Å²) in [5, 5.41) is 3.35. The Kier molecular flexibility index (Phi) is 4.78. The number of benzene rings is 2. The summed E-state index contributed by atoms with van der Waals surface area (Å²) in [4.78, 5) is 14.0. The average Bonchev–Trinajstić information content (AvgIpc) is 2.68. The number of anilines is 1. The lowest BCUT2D eigenvalue weighted by Crippen LogP contribution is -2.36. The van der Waals surface area contributed by atoms with E-state index >= 15 is 0 Å². The van der Waals surface area contributed by atoms with Gasteiger partial charge in [0.2, 0.25) is 5.54 Å². The molecule has 0 amide bonds. The first kappa shape index (κ1) is 16.0. The third kappa shape index (κ3) is 2.97. The summed E-state index contributed by atoms with van der Waals surface area (Å²) in [6.45, 7) is 3.17. The number of ether oxygens (including phenoxy) is 1. The van der Waals surface area contributed by atoms with E-state index in [4.69, 9.17) is 10.5 Å². The van der Waals surface area contributed by atoms with E-state index in [1.807, 2.05) is 54.6 Å². The Balaban J connectivity index is 1.99. The normalized spacial score (nSPS) is 16.6. The lowest BCUT2D eigenvalue weighted by atomic mass is 9.84. The van der Waals surface area contributed by atoms with Crippen molar-refractivity contribution >= 4 is 5.69 Å². The molecule has 24 heavy (non-hydrogen) atoms. The number of hydrogen-bond acceptors (Lipinski definition) is 5. The molecule has 3 rings (SSSR count). The van der Waals surface area contributed by atoms with Crippen molar-refractivity contribution in [3.63, 3.8) is 0 Å². The number of rotatable bonds is 4. The second-order valence-electron chi connectivity index (χ2n) is 5.58. The Morgan fingerprint density at radius 3 is 2.21 bits per heavy atom. The van der Waals surface area contributed by atoms with Crippen LogP contribution in [0, 0.1) is 16.9 Å². The van der Waals surface area contributed by atoms with Gasteiger partial charge in [0, 0.05) is 24.8 Å². The lowest BCUT2D eigenvalue weighted by molar-refractivity contribution is 0.122. The maximum Gasteiger partial charge on any atom is 0.214 e. The third-order valence-corrected chi connectivity index (χ3v) is 4.24. The summed E-state index contributed by atoms with van der Waals surface area (Å²) >= 11 is 0. The van der Waals surface area contributed by atoms with Crippen LogP contribution in [0.25, 0.3) is 0 Å². The molecule has 1 saturated heterocycles. The molecule has 0 aromatic heterocycles. The predicted octanol–water partition coefficient (Wildman–Crippen LogP) is 2.45. The summed E-state index contributed by atoms with van der Waals surface area (Å²) in [5.74, 6) is 2.79. The Morgan fingerprint density at radius 2 is 1.62 bits per heavy atom. The van der Waals surface area contributed by atoms with Gasteiger partial charge in [-0.1, -0.05) is 42.5 Å². The number of nitrogens with two attached hydrogens (primary N) is 1. The van der Waals surface area contributed by atoms with Gasteiger partial charge < -0.3 is 15.4 Å². The topological polar surface area (TPSA) is 67.9 Å². The Morgan fingerprint density at radius 1 is 1.00 bits per heavy atom. The quantitative estimate of drug-likeness (QED) is 0.533. The van der Waals surface area contributed by atoms with Gasteiger partial charge in [-0.25, -0.2) is 0 Å². The highest BCUT2D eigenvalue weighted by Crippen LogP contribution is 2.34. The van der Waals surface area contributed by atoms with Gasteiger partial charge in [-0.3, -0.25) is 0 Å². The summed E-state index contributed by atoms with van der Waals surface area (Å²) in [6.07, 6.45) is 0. The SMILES string of the molecule is NC#CC(N=O)(c1ccccc1)c1ccc(N2CCOCC2)cc1. The summed E-state index contributed by atoms with van der Waals surface area (Å²) < 4.78 is 5.38. The van der Waals surface area contributed by atoms with Crippen molar-refractivity contribution < 1.29 is 4.74 Å². The summed E-state index contributed by atoms with van der Waals surface area (Å²) in [5.41, 5.74) is 6.64. The van der Waals surface area contributed by atoms with Crippen molar-refractivity contribution in [2.75, 3.05) is 31.2 Å².